The van der Waals surface area contributed by atoms with Crippen molar-refractivity contribution in [3.8, 4) is 0 Å². The number of rotatable bonds is 11. The van der Waals surface area contributed by atoms with Gasteiger partial charge in [0.15, 0.2) is 0 Å². The highest BCUT2D eigenvalue weighted by atomic mass is 28.1. The summed E-state index contributed by atoms with van der Waals surface area (Å²) >= 11 is 0. The molecular weight excluding hydrogens is 260 g/mol. The maximum absolute atomic E-state index is 3.58. The van der Waals surface area contributed by atoms with Gasteiger partial charge in [-0.1, -0.05) is 55.6 Å². The van der Waals surface area contributed by atoms with E-state index in [1.165, 1.54) is 37.8 Å². The number of hydrogen-bond acceptors (Lipinski definition) is 1. The van der Waals surface area contributed by atoms with Crippen LogP contribution in [-0.4, -0.2) is 48.5 Å². The van der Waals surface area contributed by atoms with E-state index < -0.39 is 0 Å². The smallest absolute Gasteiger partial charge is 0.104 e. The molecule has 3 heteroatoms. The number of unbranched alkanes of at least 4 members (excludes halogenated alkanes) is 3. The molecular formula is C17H30N2Si+. The van der Waals surface area contributed by atoms with Crippen LogP contribution in [0.4, 0.5) is 0 Å². The van der Waals surface area contributed by atoms with E-state index in [2.05, 4.69) is 60.0 Å². The van der Waals surface area contributed by atoms with Crippen LogP contribution >= 0.6 is 0 Å². The van der Waals surface area contributed by atoms with Gasteiger partial charge in [-0.05, 0) is 13.0 Å². The van der Waals surface area contributed by atoms with Gasteiger partial charge in [0.1, 0.15) is 6.54 Å². The van der Waals surface area contributed by atoms with Crippen molar-refractivity contribution >= 4 is 10.2 Å². The average Bonchev–Trinajstić information content (AvgIpc) is 2.42. The van der Waals surface area contributed by atoms with E-state index in [1.54, 1.807) is 0 Å². The summed E-state index contributed by atoms with van der Waals surface area (Å²) in [6.45, 7) is 4.55. The van der Waals surface area contributed by atoms with E-state index in [-0.39, 0.29) is 0 Å². The summed E-state index contributed by atoms with van der Waals surface area (Å²) in [5.41, 5.74) is 1.42. The Kier molecular flexibility index (Phi) is 8.82. The molecule has 111 valence electrons. The molecule has 20 heavy (non-hydrogen) atoms. The van der Waals surface area contributed by atoms with Gasteiger partial charge >= 0.3 is 0 Å². The van der Waals surface area contributed by atoms with Crippen LogP contribution < -0.4 is 5.32 Å². The normalized spacial score (nSPS) is 11.8. The minimum absolute atomic E-state index is 1.04. The van der Waals surface area contributed by atoms with E-state index in [9.17, 15) is 0 Å². The third-order valence-electron chi connectivity index (χ3n) is 3.63. The van der Waals surface area contributed by atoms with Gasteiger partial charge in [0.2, 0.25) is 0 Å². The molecule has 0 aromatic heterocycles. The molecule has 0 saturated carbocycles. The molecule has 1 N–H and O–H groups in total. The molecule has 0 bridgehead atoms. The zero-order valence-corrected chi connectivity index (χ0v) is 14.2. The van der Waals surface area contributed by atoms with Crippen LogP contribution in [-0.2, 0) is 6.54 Å². The van der Waals surface area contributed by atoms with Crippen molar-refractivity contribution in [2.45, 2.75) is 38.3 Å². The van der Waals surface area contributed by atoms with Crippen molar-refractivity contribution in [2.24, 2.45) is 0 Å². The van der Waals surface area contributed by atoms with Crippen LogP contribution in [0.5, 0.6) is 0 Å². The van der Waals surface area contributed by atoms with Gasteiger partial charge in [0.25, 0.3) is 0 Å². The Balaban J connectivity index is 2.08. The first-order chi connectivity index (χ1) is 9.64. The Morgan fingerprint density at radius 1 is 0.950 bits per heavy atom. The zero-order valence-electron chi connectivity index (χ0n) is 13.2. The maximum atomic E-state index is 3.58. The molecule has 1 aromatic rings. The van der Waals surface area contributed by atoms with E-state index >= 15 is 0 Å². The molecule has 0 aliphatic heterocycles. The number of hydrogen-bond donors (Lipinski definition) is 1. The summed E-state index contributed by atoms with van der Waals surface area (Å²) < 4.78 is 1.04. The summed E-state index contributed by atoms with van der Waals surface area (Å²) in [6, 6.07) is 11.9. The highest BCUT2D eigenvalue weighted by molar-refractivity contribution is 6.08. The Morgan fingerprint density at radius 3 is 2.35 bits per heavy atom. The maximum Gasteiger partial charge on any atom is 0.104 e. The third-order valence-corrected chi connectivity index (χ3v) is 3.98. The predicted octanol–water partition coefficient (Wildman–Crippen LogP) is 3.00. The molecule has 0 fully saturated rings. The monoisotopic (exact) mass is 290 g/mol. The molecule has 2 nitrogen and oxygen atoms in total. The fraction of sp³-hybridized carbons (Fsp3) is 0.647. The Bertz CT molecular complexity index is 338. The molecule has 0 spiro atoms. The SMILES string of the molecule is C[N+](C)(CCNCCCCCC[Si])Cc1ccccc1. The largest absolute Gasteiger partial charge is 0.324 e. The lowest BCUT2D eigenvalue weighted by Crippen LogP contribution is -2.43. The second kappa shape index (κ2) is 10.1. The van der Waals surface area contributed by atoms with Crippen LogP contribution in [0.3, 0.4) is 0 Å². The Labute approximate surface area is 128 Å². The second-order valence-corrected chi connectivity index (χ2v) is 6.72. The minimum Gasteiger partial charge on any atom is -0.324 e. The minimum atomic E-state index is 1.04. The standard InChI is InChI=1S/C17H30N2Si/c1-19(2,16-17-10-6-5-7-11-17)14-13-18-12-8-3-4-9-15-20/h5-7,10-11,18H,3-4,8-9,12-16H2,1-2H3/q+1. The van der Waals surface area contributed by atoms with Gasteiger partial charge in [-0.3, -0.25) is 0 Å². The Morgan fingerprint density at radius 2 is 1.65 bits per heavy atom. The highest BCUT2D eigenvalue weighted by Gasteiger charge is 2.14. The van der Waals surface area contributed by atoms with Crippen LogP contribution in [0.1, 0.15) is 31.2 Å². The average molecular weight is 291 g/mol. The highest BCUT2D eigenvalue weighted by Crippen LogP contribution is 2.08. The summed E-state index contributed by atoms with van der Waals surface area (Å²) in [4.78, 5) is 0. The lowest BCUT2D eigenvalue weighted by atomic mass is 10.2. The van der Waals surface area contributed by atoms with Gasteiger partial charge in [-0.2, -0.15) is 0 Å². The fourth-order valence-electron chi connectivity index (χ4n) is 2.39. The van der Waals surface area contributed by atoms with Crippen LogP contribution in [0.25, 0.3) is 0 Å². The van der Waals surface area contributed by atoms with Gasteiger partial charge < -0.3 is 9.80 Å². The van der Waals surface area contributed by atoms with E-state index in [0.717, 1.165) is 30.2 Å². The first-order valence-corrected chi connectivity index (χ1v) is 8.56. The predicted molar refractivity (Wildman–Crippen MR) is 89.0 cm³/mol. The van der Waals surface area contributed by atoms with Crippen molar-refractivity contribution in [1.29, 1.82) is 0 Å². The molecule has 0 unspecified atom stereocenters. The number of benzene rings is 1. The lowest BCUT2D eigenvalue weighted by molar-refractivity contribution is -0.902. The molecule has 0 aliphatic carbocycles. The van der Waals surface area contributed by atoms with E-state index in [4.69, 9.17) is 0 Å². The van der Waals surface area contributed by atoms with E-state index in [0.29, 0.717) is 0 Å². The van der Waals surface area contributed by atoms with Gasteiger partial charge in [0.05, 0.1) is 20.6 Å². The molecule has 0 heterocycles. The molecule has 0 aliphatic rings. The van der Waals surface area contributed by atoms with Crippen molar-refractivity contribution in [3.63, 3.8) is 0 Å². The summed E-state index contributed by atoms with van der Waals surface area (Å²) in [5.74, 6) is 0. The zero-order chi connectivity index (χ0) is 14.7. The van der Waals surface area contributed by atoms with E-state index in [1.807, 2.05) is 0 Å². The molecule has 1 aromatic carbocycles. The van der Waals surface area contributed by atoms with Gasteiger partial charge in [-0.15, -0.1) is 0 Å². The van der Waals surface area contributed by atoms with Gasteiger partial charge in [0, 0.05) is 22.4 Å². The summed E-state index contributed by atoms with van der Waals surface area (Å²) in [5, 5.41) is 3.58. The number of quaternary nitrogens is 1. The van der Waals surface area contributed by atoms with Crippen molar-refractivity contribution in [2.75, 3.05) is 33.7 Å². The quantitative estimate of drug-likeness (QED) is 0.375. The van der Waals surface area contributed by atoms with Crippen molar-refractivity contribution in [3.05, 3.63) is 35.9 Å². The fourth-order valence-corrected chi connectivity index (χ4v) is 2.64. The summed E-state index contributed by atoms with van der Waals surface area (Å²) in [7, 11) is 8.14. The topological polar surface area (TPSA) is 12.0 Å². The molecule has 3 radical (unpaired) electrons. The number of likely N-dealkylation sites (N-methyl/N-ethyl adjacent to an activating group) is 1. The lowest BCUT2D eigenvalue weighted by Gasteiger charge is -2.30. The van der Waals surface area contributed by atoms with Crippen LogP contribution in [0, 0.1) is 0 Å². The molecule has 0 amide bonds. The molecule has 1 rings (SSSR count). The third kappa shape index (κ3) is 8.51. The van der Waals surface area contributed by atoms with Crippen molar-refractivity contribution < 1.29 is 4.48 Å². The molecule has 0 atom stereocenters. The van der Waals surface area contributed by atoms with Crippen LogP contribution in [0.2, 0.25) is 6.04 Å². The first-order valence-electron chi connectivity index (χ1n) is 7.85. The van der Waals surface area contributed by atoms with Gasteiger partial charge in [-0.25, -0.2) is 0 Å². The van der Waals surface area contributed by atoms with Crippen molar-refractivity contribution in [1.82, 2.24) is 5.32 Å². The number of nitrogens with one attached hydrogen (secondary N) is 1. The number of nitrogens with zero attached hydrogens (tertiary/aromatic N) is 1. The summed E-state index contributed by atoms with van der Waals surface area (Å²) in [6.07, 6.45) is 5.30. The van der Waals surface area contributed by atoms with Crippen LogP contribution in [0.15, 0.2) is 30.3 Å². The first kappa shape index (κ1) is 17.4. The second-order valence-electron chi connectivity index (χ2n) is 6.22. The Hall–Kier alpha value is -0.643. The molecule has 0 saturated heterocycles.